The van der Waals surface area contributed by atoms with Crippen LogP contribution in [0.4, 0.5) is 0 Å². The van der Waals surface area contributed by atoms with Gasteiger partial charge in [0.05, 0.1) is 11.1 Å². The molecule has 0 N–H and O–H groups in total. The first-order valence-electron chi connectivity index (χ1n) is 9.13. The van der Waals surface area contributed by atoms with E-state index in [-0.39, 0.29) is 11.8 Å². The van der Waals surface area contributed by atoms with Crippen LogP contribution in [-0.2, 0) is 6.54 Å². The standard InChI is InChI=1S/C20H23N3O2S/c24-19-17-4-1-2-5-18(17)20(25)23(19)8-3-7-21-9-11-22(12-10-21)14-16-6-13-26-15-16/h1-2,4-6,13,15H,3,7-12,14H2. The summed E-state index contributed by atoms with van der Waals surface area (Å²) in [7, 11) is 0. The van der Waals surface area contributed by atoms with Crippen molar-refractivity contribution in [3.05, 3.63) is 57.8 Å². The van der Waals surface area contributed by atoms with Crippen LogP contribution >= 0.6 is 11.3 Å². The molecule has 2 aromatic rings. The van der Waals surface area contributed by atoms with Crippen molar-refractivity contribution in [2.45, 2.75) is 13.0 Å². The third-order valence-electron chi connectivity index (χ3n) is 5.19. The molecule has 1 aromatic heterocycles. The quantitative estimate of drug-likeness (QED) is 0.734. The Labute approximate surface area is 157 Å². The van der Waals surface area contributed by atoms with Crippen LogP contribution in [-0.4, -0.2) is 65.8 Å². The molecule has 0 atom stereocenters. The zero-order valence-electron chi connectivity index (χ0n) is 14.8. The SMILES string of the molecule is O=C1c2ccccc2C(=O)N1CCCN1CCN(Cc2ccsc2)CC1. The van der Waals surface area contributed by atoms with Gasteiger partial charge in [0.1, 0.15) is 0 Å². The van der Waals surface area contributed by atoms with Gasteiger partial charge in [-0.05, 0) is 47.5 Å². The lowest BCUT2D eigenvalue weighted by Gasteiger charge is -2.34. The summed E-state index contributed by atoms with van der Waals surface area (Å²) in [6.45, 7) is 6.71. The van der Waals surface area contributed by atoms with E-state index in [9.17, 15) is 9.59 Å². The maximum Gasteiger partial charge on any atom is 0.261 e. The summed E-state index contributed by atoms with van der Waals surface area (Å²) >= 11 is 1.75. The Morgan fingerprint density at radius 1 is 0.846 bits per heavy atom. The maximum atomic E-state index is 12.4. The fraction of sp³-hybridized carbons (Fsp3) is 0.400. The second kappa shape index (κ2) is 7.70. The van der Waals surface area contributed by atoms with E-state index in [0.29, 0.717) is 17.7 Å². The van der Waals surface area contributed by atoms with Crippen LogP contribution in [0.2, 0.25) is 0 Å². The molecule has 136 valence electrons. The molecule has 6 heteroatoms. The highest BCUT2D eigenvalue weighted by atomic mass is 32.1. The number of nitrogens with zero attached hydrogens (tertiary/aromatic N) is 3. The Bertz CT molecular complexity index is 747. The van der Waals surface area contributed by atoms with Crippen LogP contribution in [0.3, 0.4) is 0 Å². The van der Waals surface area contributed by atoms with Crippen LogP contribution in [0.5, 0.6) is 0 Å². The van der Waals surface area contributed by atoms with Crippen molar-refractivity contribution < 1.29 is 9.59 Å². The number of piperazine rings is 1. The van der Waals surface area contributed by atoms with E-state index >= 15 is 0 Å². The van der Waals surface area contributed by atoms with Crippen LogP contribution in [0, 0.1) is 0 Å². The number of hydrogen-bond donors (Lipinski definition) is 0. The predicted molar refractivity (Wildman–Crippen MR) is 102 cm³/mol. The summed E-state index contributed by atoms with van der Waals surface area (Å²) in [4.78, 5) is 31.1. The van der Waals surface area contributed by atoms with Crippen molar-refractivity contribution >= 4 is 23.2 Å². The number of fused-ring (bicyclic) bond motifs is 1. The summed E-state index contributed by atoms with van der Waals surface area (Å²) in [6, 6.07) is 9.29. The summed E-state index contributed by atoms with van der Waals surface area (Å²) in [5, 5.41) is 4.35. The van der Waals surface area contributed by atoms with Crippen LogP contribution in [0.15, 0.2) is 41.1 Å². The largest absolute Gasteiger partial charge is 0.301 e. The summed E-state index contributed by atoms with van der Waals surface area (Å²) in [5.74, 6) is -0.294. The number of amides is 2. The molecule has 1 saturated heterocycles. The van der Waals surface area contributed by atoms with Crippen molar-refractivity contribution in [2.75, 3.05) is 39.3 Å². The number of thiophene rings is 1. The molecule has 2 amide bonds. The predicted octanol–water partition coefficient (Wildman–Crippen LogP) is 2.55. The van der Waals surface area contributed by atoms with E-state index in [1.54, 1.807) is 23.5 Å². The number of carbonyl (C=O) groups excluding carboxylic acids is 2. The number of rotatable bonds is 6. The second-order valence-electron chi connectivity index (χ2n) is 6.91. The van der Waals surface area contributed by atoms with Gasteiger partial charge < -0.3 is 4.90 Å². The van der Waals surface area contributed by atoms with Gasteiger partial charge in [-0.3, -0.25) is 19.4 Å². The smallest absolute Gasteiger partial charge is 0.261 e. The highest BCUT2D eigenvalue weighted by Gasteiger charge is 2.34. The van der Waals surface area contributed by atoms with E-state index in [2.05, 4.69) is 26.6 Å². The Hall–Kier alpha value is -2.02. The zero-order valence-corrected chi connectivity index (χ0v) is 15.6. The van der Waals surface area contributed by atoms with E-state index in [4.69, 9.17) is 0 Å². The first-order valence-corrected chi connectivity index (χ1v) is 10.1. The van der Waals surface area contributed by atoms with Gasteiger partial charge in [-0.15, -0.1) is 0 Å². The van der Waals surface area contributed by atoms with E-state index in [0.717, 1.165) is 45.7 Å². The average Bonchev–Trinajstić information content (AvgIpc) is 3.26. The zero-order chi connectivity index (χ0) is 17.9. The molecule has 0 saturated carbocycles. The van der Waals surface area contributed by atoms with Crippen molar-refractivity contribution in [2.24, 2.45) is 0 Å². The molecule has 0 aliphatic carbocycles. The van der Waals surface area contributed by atoms with Gasteiger partial charge in [0.2, 0.25) is 0 Å². The summed E-state index contributed by atoms with van der Waals surface area (Å²) < 4.78 is 0. The minimum Gasteiger partial charge on any atom is -0.301 e. The molecule has 2 aliphatic rings. The molecule has 0 spiro atoms. The van der Waals surface area contributed by atoms with Gasteiger partial charge in [0.25, 0.3) is 11.8 Å². The van der Waals surface area contributed by atoms with Gasteiger partial charge in [-0.1, -0.05) is 12.1 Å². The first kappa shape index (κ1) is 17.4. The number of carbonyl (C=O) groups is 2. The lowest BCUT2D eigenvalue weighted by molar-refractivity contribution is 0.0640. The highest BCUT2D eigenvalue weighted by Crippen LogP contribution is 2.22. The molecule has 3 heterocycles. The maximum absolute atomic E-state index is 12.4. The molecule has 0 bridgehead atoms. The van der Waals surface area contributed by atoms with E-state index in [1.807, 2.05) is 12.1 Å². The molecule has 26 heavy (non-hydrogen) atoms. The number of hydrogen-bond acceptors (Lipinski definition) is 5. The average molecular weight is 369 g/mol. The van der Waals surface area contributed by atoms with Gasteiger partial charge in [0.15, 0.2) is 0 Å². The lowest BCUT2D eigenvalue weighted by atomic mass is 10.1. The second-order valence-corrected chi connectivity index (χ2v) is 7.69. The number of imide groups is 1. The third kappa shape index (κ3) is 3.58. The molecule has 0 unspecified atom stereocenters. The van der Waals surface area contributed by atoms with Crippen molar-refractivity contribution in [1.29, 1.82) is 0 Å². The normalized spacial score (nSPS) is 18.5. The minimum atomic E-state index is -0.147. The molecule has 1 aromatic carbocycles. The van der Waals surface area contributed by atoms with Crippen molar-refractivity contribution in [3.8, 4) is 0 Å². The Morgan fingerprint density at radius 3 is 2.12 bits per heavy atom. The topological polar surface area (TPSA) is 43.9 Å². The molecule has 4 rings (SSSR count). The minimum absolute atomic E-state index is 0.147. The molecular formula is C20H23N3O2S. The first-order chi connectivity index (χ1) is 12.7. The monoisotopic (exact) mass is 369 g/mol. The van der Waals surface area contributed by atoms with Gasteiger partial charge in [-0.2, -0.15) is 11.3 Å². The third-order valence-corrected chi connectivity index (χ3v) is 5.92. The van der Waals surface area contributed by atoms with Crippen LogP contribution < -0.4 is 0 Å². The Balaban J connectivity index is 1.21. The molecule has 0 radical (unpaired) electrons. The number of benzene rings is 1. The lowest BCUT2D eigenvalue weighted by Crippen LogP contribution is -2.46. The fourth-order valence-electron chi connectivity index (χ4n) is 3.71. The molecular weight excluding hydrogens is 346 g/mol. The Morgan fingerprint density at radius 2 is 1.50 bits per heavy atom. The van der Waals surface area contributed by atoms with E-state index in [1.165, 1.54) is 10.5 Å². The molecule has 2 aliphatic heterocycles. The summed E-state index contributed by atoms with van der Waals surface area (Å²) in [5.41, 5.74) is 2.48. The van der Waals surface area contributed by atoms with Crippen molar-refractivity contribution in [3.63, 3.8) is 0 Å². The van der Waals surface area contributed by atoms with Crippen molar-refractivity contribution in [1.82, 2.24) is 14.7 Å². The Kier molecular flexibility index (Phi) is 5.15. The van der Waals surface area contributed by atoms with Crippen LogP contribution in [0.1, 0.15) is 32.7 Å². The van der Waals surface area contributed by atoms with Gasteiger partial charge in [-0.25, -0.2) is 0 Å². The fourth-order valence-corrected chi connectivity index (χ4v) is 4.37. The van der Waals surface area contributed by atoms with Crippen LogP contribution in [0.25, 0.3) is 0 Å². The van der Waals surface area contributed by atoms with Gasteiger partial charge in [0, 0.05) is 39.3 Å². The van der Waals surface area contributed by atoms with Gasteiger partial charge >= 0.3 is 0 Å². The molecule has 5 nitrogen and oxygen atoms in total. The highest BCUT2D eigenvalue weighted by molar-refractivity contribution is 7.07. The van der Waals surface area contributed by atoms with E-state index < -0.39 is 0 Å². The summed E-state index contributed by atoms with van der Waals surface area (Å²) in [6.07, 6.45) is 0.829. The molecule has 1 fully saturated rings.